The fourth-order valence-electron chi connectivity index (χ4n) is 1.51. The maximum atomic E-state index is 12.2. The van der Waals surface area contributed by atoms with Crippen LogP contribution in [-0.2, 0) is 10.2 Å². The van der Waals surface area contributed by atoms with Crippen LogP contribution in [0.25, 0.3) is 0 Å². The lowest BCUT2D eigenvalue weighted by molar-refractivity contribution is 0.415. The Bertz CT molecular complexity index is 488. The number of hydrogen-bond donors (Lipinski definition) is 1. The Hall–Kier alpha value is -1.31. The first-order valence-corrected chi connectivity index (χ1v) is 6.88. The van der Waals surface area contributed by atoms with E-state index in [0.717, 1.165) is 4.31 Å². The molecule has 0 radical (unpaired) electrons. The first-order chi connectivity index (χ1) is 8.45. The third-order valence-corrected chi connectivity index (χ3v) is 4.29. The lowest BCUT2D eigenvalue weighted by Crippen LogP contribution is -2.42. The van der Waals surface area contributed by atoms with Crippen molar-refractivity contribution >= 4 is 15.9 Å². The van der Waals surface area contributed by atoms with Gasteiger partial charge >= 0.3 is 10.2 Å². The molecule has 102 valence electrons. The van der Waals surface area contributed by atoms with Gasteiger partial charge in [0.05, 0.1) is 12.8 Å². The maximum Gasteiger partial charge on any atom is 0.303 e. The van der Waals surface area contributed by atoms with Crippen molar-refractivity contribution in [3.63, 3.8) is 0 Å². The molecule has 0 heterocycles. The highest BCUT2D eigenvalue weighted by Gasteiger charge is 2.26. The molecular formula is C11H19N3O3S. The molecule has 0 unspecified atom stereocenters. The number of benzene rings is 1. The lowest BCUT2D eigenvalue weighted by atomic mass is 10.3. The lowest BCUT2D eigenvalue weighted by Gasteiger charge is -2.28. The van der Waals surface area contributed by atoms with Crippen LogP contribution in [0.1, 0.15) is 0 Å². The minimum Gasteiger partial charge on any atom is -0.495 e. The molecule has 7 heteroatoms. The standard InChI is InChI=1S/C11H19N3O3S/c1-13(2)18(15,16)14(9-8-12)10-6-4-5-7-11(10)17-3/h4-7H,8-9,12H2,1-3H3. The highest BCUT2D eigenvalue weighted by molar-refractivity contribution is 7.90. The Balaban J connectivity index is 3.29. The normalized spacial score (nSPS) is 11.6. The monoisotopic (exact) mass is 273 g/mol. The summed E-state index contributed by atoms with van der Waals surface area (Å²) in [5.74, 6) is 0.497. The zero-order valence-electron chi connectivity index (χ0n) is 10.8. The van der Waals surface area contributed by atoms with Crippen molar-refractivity contribution in [3.05, 3.63) is 24.3 Å². The van der Waals surface area contributed by atoms with Gasteiger partial charge in [0.1, 0.15) is 5.75 Å². The number of hydrogen-bond acceptors (Lipinski definition) is 4. The van der Waals surface area contributed by atoms with Crippen LogP contribution in [-0.4, -0.2) is 47.0 Å². The molecule has 6 nitrogen and oxygen atoms in total. The summed E-state index contributed by atoms with van der Waals surface area (Å²) < 4.78 is 32.0. The Morgan fingerprint density at radius 1 is 1.28 bits per heavy atom. The van der Waals surface area contributed by atoms with Gasteiger partial charge in [-0.15, -0.1) is 0 Å². The molecule has 0 atom stereocenters. The summed E-state index contributed by atoms with van der Waals surface area (Å²) in [6, 6.07) is 6.94. The van der Waals surface area contributed by atoms with Crippen molar-refractivity contribution in [2.45, 2.75) is 0 Å². The second-order valence-electron chi connectivity index (χ2n) is 3.82. The Kier molecular flexibility index (Phi) is 4.94. The van der Waals surface area contributed by atoms with Crippen LogP contribution in [0.4, 0.5) is 5.69 Å². The molecule has 18 heavy (non-hydrogen) atoms. The van der Waals surface area contributed by atoms with Gasteiger partial charge in [0.2, 0.25) is 0 Å². The smallest absolute Gasteiger partial charge is 0.303 e. The van der Waals surface area contributed by atoms with E-state index in [1.807, 2.05) is 0 Å². The van der Waals surface area contributed by atoms with Gasteiger partial charge in [0, 0.05) is 27.2 Å². The van der Waals surface area contributed by atoms with Gasteiger partial charge in [-0.3, -0.25) is 4.31 Å². The van der Waals surface area contributed by atoms with Crippen molar-refractivity contribution in [2.75, 3.05) is 38.6 Å². The van der Waals surface area contributed by atoms with E-state index < -0.39 is 10.2 Å². The predicted molar refractivity (Wildman–Crippen MR) is 72.0 cm³/mol. The van der Waals surface area contributed by atoms with Gasteiger partial charge in [-0.25, -0.2) is 0 Å². The van der Waals surface area contributed by atoms with E-state index in [4.69, 9.17) is 10.5 Å². The van der Waals surface area contributed by atoms with Gasteiger partial charge in [0.25, 0.3) is 0 Å². The van der Waals surface area contributed by atoms with Crippen LogP contribution in [0.3, 0.4) is 0 Å². The van der Waals surface area contributed by atoms with E-state index in [1.165, 1.54) is 25.5 Å². The third kappa shape index (κ3) is 2.92. The number of nitrogens with zero attached hydrogens (tertiary/aromatic N) is 2. The summed E-state index contributed by atoms with van der Waals surface area (Å²) in [5, 5.41) is 0. The molecule has 0 aliphatic carbocycles. The summed E-state index contributed by atoms with van der Waals surface area (Å²) in [5.41, 5.74) is 5.97. The molecule has 0 aliphatic heterocycles. The molecule has 1 aromatic carbocycles. The molecule has 0 bridgehead atoms. The number of nitrogens with two attached hydrogens (primary N) is 1. The average Bonchev–Trinajstić information content (AvgIpc) is 2.35. The van der Waals surface area contributed by atoms with Crippen molar-refractivity contribution in [1.29, 1.82) is 0 Å². The summed E-state index contributed by atoms with van der Waals surface area (Å²) in [7, 11) is 0.882. The van der Waals surface area contributed by atoms with Crippen LogP contribution in [0, 0.1) is 0 Å². The number of para-hydroxylation sites is 2. The Morgan fingerprint density at radius 2 is 1.89 bits per heavy atom. The summed E-state index contributed by atoms with van der Waals surface area (Å²) >= 11 is 0. The van der Waals surface area contributed by atoms with E-state index in [-0.39, 0.29) is 13.1 Å². The first kappa shape index (κ1) is 14.7. The first-order valence-electron chi connectivity index (χ1n) is 5.48. The summed E-state index contributed by atoms with van der Waals surface area (Å²) in [4.78, 5) is 0. The van der Waals surface area contributed by atoms with Crippen LogP contribution in [0.5, 0.6) is 5.75 Å². The molecule has 1 aromatic rings. The van der Waals surface area contributed by atoms with Crippen LogP contribution >= 0.6 is 0 Å². The maximum absolute atomic E-state index is 12.2. The predicted octanol–water partition coefficient (Wildman–Crippen LogP) is 0.267. The van der Waals surface area contributed by atoms with E-state index in [0.29, 0.717) is 11.4 Å². The second kappa shape index (κ2) is 6.03. The van der Waals surface area contributed by atoms with E-state index in [1.54, 1.807) is 24.3 Å². The minimum absolute atomic E-state index is 0.195. The molecule has 0 amide bonds. The van der Waals surface area contributed by atoms with E-state index >= 15 is 0 Å². The molecule has 0 fully saturated rings. The topological polar surface area (TPSA) is 75.9 Å². The van der Waals surface area contributed by atoms with Crippen molar-refractivity contribution in [2.24, 2.45) is 5.73 Å². The van der Waals surface area contributed by atoms with Gasteiger partial charge < -0.3 is 10.5 Å². The summed E-state index contributed by atoms with van der Waals surface area (Å²) in [6.07, 6.45) is 0. The van der Waals surface area contributed by atoms with Gasteiger partial charge in [-0.05, 0) is 12.1 Å². The van der Waals surface area contributed by atoms with Gasteiger partial charge in [0.15, 0.2) is 0 Å². The van der Waals surface area contributed by atoms with Gasteiger partial charge in [-0.2, -0.15) is 12.7 Å². The fourth-order valence-corrected chi connectivity index (χ4v) is 2.64. The third-order valence-electron chi connectivity index (χ3n) is 2.43. The summed E-state index contributed by atoms with van der Waals surface area (Å²) in [6.45, 7) is 0.423. The Morgan fingerprint density at radius 3 is 2.39 bits per heavy atom. The van der Waals surface area contributed by atoms with E-state index in [9.17, 15) is 8.42 Å². The largest absolute Gasteiger partial charge is 0.495 e. The second-order valence-corrected chi connectivity index (χ2v) is 5.89. The van der Waals surface area contributed by atoms with Crippen LogP contribution in [0.15, 0.2) is 24.3 Å². The highest BCUT2D eigenvalue weighted by atomic mass is 32.2. The number of ether oxygens (including phenoxy) is 1. The quantitative estimate of drug-likeness (QED) is 0.807. The molecule has 0 saturated carbocycles. The zero-order chi connectivity index (χ0) is 13.8. The Labute approximate surface area is 108 Å². The minimum atomic E-state index is -3.58. The van der Waals surface area contributed by atoms with E-state index in [2.05, 4.69) is 0 Å². The molecule has 2 N–H and O–H groups in total. The zero-order valence-corrected chi connectivity index (χ0v) is 11.6. The molecule has 0 aliphatic rings. The van der Waals surface area contributed by atoms with Crippen molar-refractivity contribution < 1.29 is 13.2 Å². The molecule has 0 saturated heterocycles. The average molecular weight is 273 g/mol. The SMILES string of the molecule is COc1ccccc1N(CCN)S(=O)(=O)N(C)C. The molecule has 1 rings (SSSR count). The van der Waals surface area contributed by atoms with Crippen LogP contribution in [0.2, 0.25) is 0 Å². The van der Waals surface area contributed by atoms with Crippen molar-refractivity contribution in [3.8, 4) is 5.75 Å². The highest BCUT2D eigenvalue weighted by Crippen LogP contribution is 2.29. The number of anilines is 1. The number of methoxy groups -OCH3 is 1. The number of rotatable bonds is 6. The van der Waals surface area contributed by atoms with Crippen molar-refractivity contribution in [1.82, 2.24) is 4.31 Å². The molecular weight excluding hydrogens is 254 g/mol. The molecule has 0 aromatic heterocycles. The van der Waals surface area contributed by atoms with Gasteiger partial charge in [-0.1, -0.05) is 12.1 Å². The van der Waals surface area contributed by atoms with Crippen LogP contribution < -0.4 is 14.8 Å². The molecule has 0 spiro atoms. The fraction of sp³-hybridized carbons (Fsp3) is 0.455.